The Labute approximate surface area is 107 Å². The van der Waals surface area contributed by atoms with Crippen LogP contribution >= 0.6 is 11.5 Å². The predicted octanol–water partition coefficient (Wildman–Crippen LogP) is 2.52. The third kappa shape index (κ3) is 1.65. The van der Waals surface area contributed by atoms with Gasteiger partial charge in [0.15, 0.2) is 5.82 Å². The quantitative estimate of drug-likeness (QED) is 0.763. The highest BCUT2D eigenvalue weighted by molar-refractivity contribution is 7.09. The van der Waals surface area contributed by atoms with Crippen LogP contribution in [0, 0.1) is 11.3 Å². The van der Waals surface area contributed by atoms with Crippen LogP contribution in [0.3, 0.4) is 0 Å². The summed E-state index contributed by atoms with van der Waals surface area (Å²) in [6, 6.07) is 7.52. The smallest absolute Gasteiger partial charge is 0.152 e. The number of benzene rings is 1. The van der Waals surface area contributed by atoms with Gasteiger partial charge in [-0.2, -0.15) is 5.26 Å². The monoisotopic (exact) mass is 255 g/mol. The Hall–Kier alpha value is -2.26. The molecule has 0 aliphatic rings. The van der Waals surface area contributed by atoms with Crippen molar-refractivity contribution in [1.82, 2.24) is 19.6 Å². The molecule has 88 valence electrons. The predicted molar refractivity (Wildman–Crippen MR) is 69.1 cm³/mol. The van der Waals surface area contributed by atoms with Crippen LogP contribution in [0.4, 0.5) is 0 Å². The molecule has 0 saturated carbocycles. The minimum Gasteiger partial charge on any atom is -0.337 e. The lowest BCUT2D eigenvalue weighted by Gasteiger charge is -1.91. The first-order valence-electron chi connectivity index (χ1n) is 5.53. The molecular weight excluding hydrogens is 246 g/mol. The molecule has 0 spiro atoms. The fourth-order valence-corrected chi connectivity index (χ4v) is 2.50. The van der Waals surface area contributed by atoms with Crippen molar-refractivity contribution in [3.8, 4) is 16.8 Å². The van der Waals surface area contributed by atoms with E-state index in [1.807, 2.05) is 13.0 Å². The van der Waals surface area contributed by atoms with E-state index in [-0.39, 0.29) is 0 Å². The molecule has 2 heterocycles. The number of hydrogen-bond acceptors (Lipinski definition) is 5. The SMILES string of the molecule is CCc1nnsc1-c1nc2ccc(C#N)cc2[nH]1. The average molecular weight is 255 g/mol. The molecule has 0 radical (unpaired) electrons. The molecular formula is C12H9N5S. The Morgan fingerprint density at radius 1 is 1.44 bits per heavy atom. The fraction of sp³-hybridized carbons (Fsp3) is 0.167. The van der Waals surface area contributed by atoms with Gasteiger partial charge in [-0.05, 0) is 36.2 Å². The van der Waals surface area contributed by atoms with Gasteiger partial charge in [-0.25, -0.2) is 4.98 Å². The number of nitrogens with zero attached hydrogens (tertiary/aromatic N) is 4. The molecule has 6 heteroatoms. The first kappa shape index (κ1) is 10.9. The molecule has 0 saturated heterocycles. The van der Waals surface area contributed by atoms with Gasteiger partial charge in [-0.15, -0.1) is 5.10 Å². The number of H-pyrrole nitrogens is 1. The van der Waals surface area contributed by atoms with Gasteiger partial charge in [0.1, 0.15) is 4.88 Å². The lowest BCUT2D eigenvalue weighted by molar-refractivity contribution is 0.990. The maximum atomic E-state index is 8.87. The van der Waals surface area contributed by atoms with Crippen LogP contribution in [-0.2, 0) is 6.42 Å². The van der Waals surface area contributed by atoms with Gasteiger partial charge in [-0.1, -0.05) is 11.4 Å². The highest BCUT2D eigenvalue weighted by Gasteiger charge is 2.13. The summed E-state index contributed by atoms with van der Waals surface area (Å²) in [6.45, 7) is 2.04. The maximum absolute atomic E-state index is 8.87. The van der Waals surface area contributed by atoms with Crippen LogP contribution in [0.5, 0.6) is 0 Å². The second-order valence-corrected chi connectivity index (χ2v) is 4.59. The van der Waals surface area contributed by atoms with Crippen LogP contribution < -0.4 is 0 Å². The molecule has 3 aromatic rings. The summed E-state index contributed by atoms with van der Waals surface area (Å²) in [5, 5.41) is 12.9. The Bertz CT molecular complexity index is 749. The molecule has 0 amide bonds. The molecule has 1 aromatic carbocycles. The van der Waals surface area contributed by atoms with Crippen molar-refractivity contribution < 1.29 is 0 Å². The standard InChI is InChI=1S/C12H9N5S/c1-2-8-11(18-17-16-8)12-14-9-4-3-7(6-13)5-10(9)15-12/h3-5H,2H2,1H3,(H,14,15). The Balaban J connectivity index is 2.17. The summed E-state index contributed by atoms with van der Waals surface area (Å²) in [5.41, 5.74) is 3.27. The minimum atomic E-state index is 0.621. The summed E-state index contributed by atoms with van der Waals surface area (Å²) >= 11 is 1.33. The van der Waals surface area contributed by atoms with Crippen LogP contribution in [0.15, 0.2) is 18.2 Å². The first-order valence-corrected chi connectivity index (χ1v) is 6.30. The molecule has 0 aliphatic heterocycles. The van der Waals surface area contributed by atoms with E-state index in [1.54, 1.807) is 12.1 Å². The van der Waals surface area contributed by atoms with Crippen LogP contribution in [0.2, 0.25) is 0 Å². The molecule has 0 fully saturated rings. The summed E-state index contributed by atoms with van der Waals surface area (Å²) < 4.78 is 3.95. The zero-order valence-electron chi connectivity index (χ0n) is 9.64. The van der Waals surface area contributed by atoms with Crippen molar-refractivity contribution in [2.45, 2.75) is 13.3 Å². The number of fused-ring (bicyclic) bond motifs is 1. The van der Waals surface area contributed by atoms with Crippen molar-refractivity contribution in [1.29, 1.82) is 5.26 Å². The van der Waals surface area contributed by atoms with E-state index < -0.39 is 0 Å². The molecule has 0 bridgehead atoms. The van der Waals surface area contributed by atoms with Gasteiger partial charge < -0.3 is 4.98 Å². The molecule has 1 N–H and O–H groups in total. The Kier molecular flexibility index (Phi) is 2.54. The number of aryl methyl sites for hydroxylation is 1. The molecule has 0 unspecified atom stereocenters. The van der Waals surface area contributed by atoms with E-state index in [9.17, 15) is 0 Å². The third-order valence-corrected chi connectivity index (χ3v) is 3.49. The number of hydrogen-bond donors (Lipinski definition) is 1. The summed E-state index contributed by atoms with van der Waals surface area (Å²) in [7, 11) is 0. The van der Waals surface area contributed by atoms with Crippen molar-refractivity contribution in [2.75, 3.05) is 0 Å². The summed E-state index contributed by atoms with van der Waals surface area (Å²) in [5.74, 6) is 0.770. The van der Waals surface area contributed by atoms with E-state index >= 15 is 0 Å². The Morgan fingerprint density at radius 2 is 2.33 bits per heavy atom. The van der Waals surface area contributed by atoms with Gasteiger partial charge in [0, 0.05) is 0 Å². The van der Waals surface area contributed by atoms with Crippen LogP contribution in [0.25, 0.3) is 21.7 Å². The second kappa shape index (κ2) is 4.20. The highest BCUT2D eigenvalue weighted by atomic mass is 32.1. The molecule has 3 rings (SSSR count). The van der Waals surface area contributed by atoms with Crippen LogP contribution in [-0.4, -0.2) is 19.6 Å². The topological polar surface area (TPSA) is 78.2 Å². The highest BCUT2D eigenvalue weighted by Crippen LogP contribution is 2.26. The van der Waals surface area contributed by atoms with E-state index in [4.69, 9.17) is 5.26 Å². The maximum Gasteiger partial charge on any atom is 0.152 e. The molecule has 2 aromatic heterocycles. The van der Waals surface area contributed by atoms with Crippen molar-refractivity contribution in [3.05, 3.63) is 29.5 Å². The lowest BCUT2D eigenvalue weighted by Crippen LogP contribution is -1.85. The number of aromatic amines is 1. The van der Waals surface area contributed by atoms with Gasteiger partial charge in [0.25, 0.3) is 0 Å². The van der Waals surface area contributed by atoms with E-state index in [2.05, 4.69) is 25.6 Å². The Morgan fingerprint density at radius 3 is 3.11 bits per heavy atom. The van der Waals surface area contributed by atoms with Gasteiger partial charge >= 0.3 is 0 Å². The fourth-order valence-electron chi connectivity index (χ4n) is 1.81. The zero-order valence-corrected chi connectivity index (χ0v) is 10.5. The van der Waals surface area contributed by atoms with Gasteiger partial charge in [-0.3, -0.25) is 0 Å². The number of nitriles is 1. The second-order valence-electron chi connectivity index (χ2n) is 3.83. The van der Waals surface area contributed by atoms with E-state index in [0.29, 0.717) is 5.56 Å². The molecule has 18 heavy (non-hydrogen) atoms. The third-order valence-electron chi connectivity index (χ3n) is 2.72. The first-order chi connectivity index (χ1) is 8.81. The number of rotatable bonds is 2. The van der Waals surface area contributed by atoms with E-state index in [1.165, 1.54) is 11.5 Å². The number of nitrogens with one attached hydrogen (secondary N) is 1. The largest absolute Gasteiger partial charge is 0.337 e. The molecule has 5 nitrogen and oxygen atoms in total. The number of aromatic nitrogens is 4. The van der Waals surface area contributed by atoms with Crippen LogP contribution in [0.1, 0.15) is 18.2 Å². The average Bonchev–Trinajstić information content (AvgIpc) is 3.03. The van der Waals surface area contributed by atoms with E-state index in [0.717, 1.165) is 33.8 Å². The van der Waals surface area contributed by atoms with Crippen molar-refractivity contribution in [3.63, 3.8) is 0 Å². The normalized spacial score (nSPS) is 10.7. The lowest BCUT2D eigenvalue weighted by atomic mass is 10.2. The van der Waals surface area contributed by atoms with Gasteiger partial charge in [0.05, 0.1) is 28.4 Å². The summed E-state index contributed by atoms with van der Waals surface area (Å²) in [4.78, 5) is 8.69. The zero-order chi connectivity index (χ0) is 12.5. The minimum absolute atomic E-state index is 0.621. The summed E-state index contributed by atoms with van der Waals surface area (Å²) in [6.07, 6.45) is 0.826. The number of imidazole rings is 1. The molecule has 0 atom stereocenters. The molecule has 0 aliphatic carbocycles. The van der Waals surface area contributed by atoms with Crippen molar-refractivity contribution >= 4 is 22.6 Å². The van der Waals surface area contributed by atoms with Gasteiger partial charge in [0.2, 0.25) is 0 Å². The van der Waals surface area contributed by atoms with Crippen molar-refractivity contribution in [2.24, 2.45) is 0 Å².